The average molecular weight is 221 g/mol. The summed E-state index contributed by atoms with van der Waals surface area (Å²) >= 11 is 0. The van der Waals surface area contributed by atoms with E-state index < -0.39 is 0 Å². The van der Waals surface area contributed by atoms with E-state index in [2.05, 4.69) is 28.2 Å². The second kappa shape index (κ2) is 4.80. The molecule has 0 saturated carbocycles. The van der Waals surface area contributed by atoms with E-state index in [1.54, 1.807) is 0 Å². The van der Waals surface area contributed by atoms with Crippen LogP contribution in [0.4, 0.5) is 5.82 Å². The Hall–Kier alpha value is -1.13. The Balaban J connectivity index is 2.27. The third-order valence-corrected chi connectivity index (χ3v) is 3.02. The van der Waals surface area contributed by atoms with Gasteiger partial charge in [-0.2, -0.15) is 0 Å². The first-order chi connectivity index (χ1) is 7.72. The second-order valence-electron chi connectivity index (χ2n) is 4.39. The van der Waals surface area contributed by atoms with Gasteiger partial charge in [0.25, 0.3) is 0 Å². The van der Waals surface area contributed by atoms with Crippen LogP contribution >= 0.6 is 0 Å². The van der Waals surface area contributed by atoms with Gasteiger partial charge in [0.2, 0.25) is 0 Å². The first-order valence-electron chi connectivity index (χ1n) is 5.74. The van der Waals surface area contributed by atoms with Crippen LogP contribution in [0.2, 0.25) is 0 Å². The molecule has 1 aliphatic rings. The van der Waals surface area contributed by atoms with Gasteiger partial charge in [0.05, 0.1) is 12.6 Å². The van der Waals surface area contributed by atoms with Crippen molar-refractivity contribution in [2.75, 3.05) is 31.1 Å². The number of rotatable bonds is 2. The fraction of sp³-hybridized carbons (Fsp3) is 0.583. The lowest BCUT2D eigenvalue weighted by atomic mass is 10.1. The molecule has 88 valence electrons. The highest BCUT2D eigenvalue weighted by Gasteiger charge is 2.23. The molecule has 2 heterocycles. The number of aliphatic hydroxyl groups is 1. The number of pyridine rings is 1. The van der Waals surface area contributed by atoms with Crippen molar-refractivity contribution in [2.45, 2.75) is 19.9 Å². The van der Waals surface area contributed by atoms with Gasteiger partial charge < -0.3 is 15.3 Å². The van der Waals surface area contributed by atoms with Crippen molar-refractivity contribution < 1.29 is 5.11 Å². The maximum Gasteiger partial charge on any atom is 0.131 e. The molecule has 0 spiro atoms. The zero-order valence-corrected chi connectivity index (χ0v) is 9.90. The van der Waals surface area contributed by atoms with E-state index >= 15 is 0 Å². The summed E-state index contributed by atoms with van der Waals surface area (Å²) in [7, 11) is 0. The van der Waals surface area contributed by atoms with Crippen molar-refractivity contribution in [2.24, 2.45) is 0 Å². The van der Waals surface area contributed by atoms with Crippen LogP contribution < -0.4 is 10.2 Å². The van der Waals surface area contributed by atoms with E-state index in [1.807, 2.05) is 13.1 Å². The molecule has 16 heavy (non-hydrogen) atoms. The topological polar surface area (TPSA) is 48.4 Å². The Morgan fingerprint density at radius 2 is 2.38 bits per heavy atom. The monoisotopic (exact) mass is 221 g/mol. The molecule has 1 saturated heterocycles. The SMILES string of the molecule is Cc1cnc(N2CCNC[C@H]2CO)c(C)c1. The van der Waals surface area contributed by atoms with Gasteiger partial charge in [0.15, 0.2) is 0 Å². The van der Waals surface area contributed by atoms with Crippen LogP contribution in [0.1, 0.15) is 11.1 Å². The van der Waals surface area contributed by atoms with E-state index in [4.69, 9.17) is 0 Å². The molecule has 1 fully saturated rings. The van der Waals surface area contributed by atoms with Gasteiger partial charge in [0, 0.05) is 25.8 Å². The van der Waals surface area contributed by atoms with Crippen LogP contribution in [0.15, 0.2) is 12.3 Å². The Bertz CT molecular complexity index is 367. The molecule has 1 aromatic rings. The molecule has 1 aliphatic heterocycles. The quantitative estimate of drug-likeness (QED) is 0.762. The van der Waals surface area contributed by atoms with Crippen LogP contribution in [0, 0.1) is 13.8 Å². The van der Waals surface area contributed by atoms with Crippen LogP contribution in [0.5, 0.6) is 0 Å². The molecular weight excluding hydrogens is 202 g/mol. The summed E-state index contributed by atoms with van der Waals surface area (Å²) in [4.78, 5) is 6.69. The van der Waals surface area contributed by atoms with Crippen molar-refractivity contribution in [3.8, 4) is 0 Å². The van der Waals surface area contributed by atoms with E-state index in [9.17, 15) is 5.11 Å². The highest BCUT2D eigenvalue weighted by atomic mass is 16.3. The number of hydrogen-bond acceptors (Lipinski definition) is 4. The lowest BCUT2D eigenvalue weighted by Crippen LogP contribution is -2.53. The Kier molecular flexibility index (Phi) is 3.41. The van der Waals surface area contributed by atoms with Gasteiger partial charge in [-0.1, -0.05) is 6.07 Å². The molecule has 1 aromatic heterocycles. The summed E-state index contributed by atoms with van der Waals surface area (Å²) in [5.74, 6) is 1.01. The number of aliphatic hydroxyl groups excluding tert-OH is 1. The average Bonchev–Trinajstić information content (AvgIpc) is 2.29. The Morgan fingerprint density at radius 3 is 3.06 bits per heavy atom. The van der Waals surface area contributed by atoms with Crippen molar-refractivity contribution >= 4 is 5.82 Å². The minimum Gasteiger partial charge on any atom is -0.394 e. The number of nitrogens with zero attached hydrogens (tertiary/aromatic N) is 2. The zero-order valence-electron chi connectivity index (χ0n) is 9.90. The largest absolute Gasteiger partial charge is 0.394 e. The minimum atomic E-state index is 0.141. The fourth-order valence-corrected chi connectivity index (χ4v) is 2.21. The molecule has 0 amide bonds. The molecule has 0 aromatic carbocycles. The van der Waals surface area contributed by atoms with Gasteiger partial charge in [-0.3, -0.25) is 0 Å². The van der Waals surface area contributed by atoms with Crippen molar-refractivity contribution in [1.29, 1.82) is 0 Å². The third-order valence-electron chi connectivity index (χ3n) is 3.02. The highest BCUT2D eigenvalue weighted by Crippen LogP contribution is 2.20. The number of nitrogens with one attached hydrogen (secondary N) is 1. The van der Waals surface area contributed by atoms with E-state index in [1.165, 1.54) is 11.1 Å². The molecule has 4 nitrogen and oxygen atoms in total. The smallest absolute Gasteiger partial charge is 0.131 e. The third kappa shape index (κ3) is 2.18. The Morgan fingerprint density at radius 1 is 1.56 bits per heavy atom. The van der Waals surface area contributed by atoms with E-state index in [0.717, 1.165) is 25.5 Å². The maximum atomic E-state index is 9.36. The maximum absolute atomic E-state index is 9.36. The molecule has 1 atom stereocenters. The van der Waals surface area contributed by atoms with Crippen LogP contribution in [0.25, 0.3) is 0 Å². The molecule has 4 heteroatoms. The second-order valence-corrected chi connectivity index (χ2v) is 4.39. The minimum absolute atomic E-state index is 0.141. The lowest BCUT2D eigenvalue weighted by molar-refractivity contribution is 0.246. The van der Waals surface area contributed by atoms with Gasteiger partial charge >= 0.3 is 0 Å². The summed E-state index contributed by atoms with van der Waals surface area (Å²) in [5, 5.41) is 12.6. The highest BCUT2D eigenvalue weighted by molar-refractivity contribution is 5.48. The number of piperazine rings is 1. The molecule has 2 N–H and O–H groups in total. The number of anilines is 1. The van der Waals surface area contributed by atoms with Crippen LogP contribution in [0.3, 0.4) is 0 Å². The van der Waals surface area contributed by atoms with Crippen molar-refractivity contribution in [1.82, 2.24) is 10.3 Å². The summed E-state index contributed by atoms with van der Waals surface area (Å²) in [6.45, 7) is 6.97. The normalized spacial score (nSPS) is 21.2. The number of aryl methyl sites for hydroxylation is 2. The van der Waals surface area contributed by atoms with Crippen LogP contribution in [-0.2, 0) is 0 Å². The van der Waals surface area contributed by atoms with Crippen molar-refractivity contribution in [3.05, 3.63) is 23.4 Å². The summed E-state index contributed by atoms with van der Waals surface area (Å²) < 4.78 is 0. The molecular formula is C12H19N3O. The van der Waals surface area contributed by atoms with E-state index in [-0.39, 0.29) is 12.6 Å². The predicted octanol–water partition coefficient (Wildman–Crippen LogP) is 0.469. The standard InChI is InChI=1S/C12H19N3O/c1-9-5-10(2)12(14-6-9)15-4-3-13-7-11(15)8-16/h5-6,11,13,16H,3-4,7-8H2,1-2H3/t11-/m0/s1. The van der Waals surface area contributed by atoms with Gasteiger partial charge in [-0.15, -0.1) is 0 Å². The van der Waals surface area contributed by atoms with Gasteiger partial charge in [-0.05, 0) is 25.0 Å². The summed E-state index contributed by atoms with van der Waals surface area (Å²) in [6.07, 6.45) is 1.89. The molecule has 0 radical (unpaired) electrons. The summed E-state index contributed by atoms with van der Waals surface area (Å²) in [5.41, 5.74) is 2.36. The predicted molar refractivity (Wildman–Crippen MR) is 64.8 cm³/mol. The van der Waals surface area contributed by atoms with Crippen LogP contribution in [-0.4, -0.2) is 42.4 Å². The zero-order chi connectivity index (χ0) is 11.5. The van der Waals surface area contributed by atoms with Gasteiger partial charge in [-0.25, -0.2) is 4.98 Å². The van der Waals surface area contributed by atoms with E-state index in [0.29, 0.717) is 0 Å². The number of aromatic nitrogens is 1. The molecule has 0 aliphatic carbocycles. The van der Waals surface area contributed by atoms with Crippen molar-refractivity contribution in [3.63, 3.8) is 0 Å². The van der Waals surface area contributed by atoms with Gasteiger partial charge in [0.1, 0.15) is 5.82 Å². The summed E-state index contributed by atoms with van der Waals surface area (Å²) in [6, 6.07) is 2.28. The first kappa shape index (κ1) is 11.4. The molecule has 2 rings (SSSR count). The molecule has 0 bridgehead atoms. The fourth-order valence-electron chi connectivity index (χ4n) is 2.21. The number of hydrogen-bond donors (Lipinski definition) is 2. The molecule has 0 unspecified atom stereocenters. The Labute approximate surface area is 96.3 Å². The first-order valence-corrected chi connectivity index (χ1v) is 5.74. The lowest BCUT2D eigenvalue weighted by Gasteiger charge is -2.36.